The molecular weight excluding hydrogens is 282 g/mol. The molecule has 0 bridgehead atoms. The topological polar surface area (TPSA) is 38.1 Å². The molecule has 2 aromatic rings. The maximum absolute atomic E-state index is 12.9. The molecule has 1 amide bonds. The molecule has 4 nitrogen and oxygen atoms in total. The minimum Gasteiger partial charge on any atom is -0.353 e. The van der Waals surface area contributed by atoms with Crippen molar-refractivity contribution in [2.75, 3.05) is 6.54 Å². The molecule has 0 unspecified atom stereocenters. The molecule has 2 aromatic heterocycles. The first-order valence-corrected chi connectivity index (χ1v) is 8.38. The second kappa shape index (κ2) is 6.02. The van der Waals surface area contributed by atoms with Crippen LogP contribution in [-0.4, -0.2) is 26.9 Å². The van der Waals surface area contributed by atoms with Crippen LogP contribution in [0.1, 0.15) is 52.8 Å². The molecule has 0 radical (unpaired) electrons. The van der Waals surface area contributed by atoms with E-state index in [0.29, 0.717) is 0 Å². The van der Waals surface area contributed by atoms with E-state index in [2.05, 4.69) is 39.8 Å². The highest BCUT2D eigenvalue weighted by atomic mass is 32.1. The average Bonchev–Trinajstić information content (AvgIpc) is 3.00. The number of aryl methyl sites for hydroxylation is 2. The minimum atomic E-state index is 0.142. The van der Waals surface area contributed by atoms with E-state index in [1.165, 1.54) is 29.9 Å². The maximum Gasteiger partial charge on any atom is 0.266 e. The predicted octanol–water partition coefficient (Wildman–Crippen LogP) is 3.55. The number of likely N-dealkylation sites (tertiary alicyclic amines) is 1. The standard InChI is InChI=1S/C16H21N3OS/c1-12-15(21-11-17-12)16(20)19-10-5-3-4-7-14(19)13-8-6-9-18(13)2/h6,8-9,11,14H,3-5,7,10H2,1-2H3/t14-/m1/s1. The van der Waals surface area contributed by atoms with Crippen molar-refractivity contribution in [2.24, 2.45) is 7.05 Å². The monoisotopic (exact) mass is 303 g/mol. The lowest BCUT2D eigenvalue weighted by Gasteiger charge is -2.30. The second-order valence-electron chi connectivity index (χ2n) is 5.67. The van der Waals surface area contributed by atoms with Gasteiger partial charge in [0.1, 0.15) is 4.88 Å². The van der Waals surface area contributed by atoms with Crippen LogP contribution in [0, 0.1) is 6.92 Å². The van der Waals surface area contributed by atoms with Gasteiger partial charge in [-0.1, -0.05) is 12.8 Å². The molecule has 1 aliphatic heterocycles. The minimum absolute atomic E-state index is 0.142. The van der Waals surface area contributed by atoms with Crippen molar-refractivity contribution in [2.45, 2.75) is 38.6 Å². The van der Waals surface area contributed by atoms with Crippen LogP contribution in [0.2, 0.25) is 0 Å². The smallest absolute Gasteiger partial charge is 0.266 e. The molecule has 1 fully saturated rings. The van der Waals surface area contributed by atoms with Crippen LogP contribution in [-0.2, 0) is 7.05 Å². The number of hydrogen-bond acceptors (Lipinski definition) is 3. The Morgan fingerprint density at radius 2 is 2.24 bits per heavy atom. The molecule has 1 atom stereocenters. The number of hydrogen-bond donors (Lipinski definition) is 0. The van der Waals surface area contributed by atoms with Crippen molar-refractivity contribution in [3.63, 3.8) is 0 Å². The Balaban J connectivity index is 1.94. The molecule has 0 saturated carbocycles. The molecule has 21 heavy (non-hydrogen) atoms. The highest BCUT2D eigenvalue weighted by molar-refractivity contribution is 7.11. The molecule has 1 saturated heterocycles. The summed E-state index contributed by atoms with van der Waals surface area (Å²) in [6, 6.07) is 4.37. The maximum atomic E-state index is 12.9. The van der Waals surface area contributed by atoms with Crippen LogP contribution in [0.15, 0.2) is 23.8 Å². The Hall–Kier alpha value is -1.62. The molecule has 112 valence electrons. The second-order valence-corrected chi connectivity index (χ2v) is 6.53. The van der Waals surface area contributed by atoms with Gasteiger partial charge in [0, 0.05) is 25.5 Å². The summed E-state index contributed by atoms with van der Waals surface area (Å²) in [6.45, 7) is 2.76. The molecule has 1 aliphatic rings. The van der Waals surface area contributed by atoms with Crippen molar-refractivity contribution in [1.82, 2.24) is 14.5 Å². The zero-order chi connectivity index (χ0) is 14.8. The number of amides is 1. The summed E-state index contributed by atoms with van der Waals surface area (Å²) < 4.78 is 2.13. The highest BCUT2D eigenvalue weighted by Crippen LogP contribution is 2.32. The van der Waals surface area contributed by atoms with Gasteiger partial charge in [-0.3, -0.25) is 4.79 Å². The van der Waals surface area contributed by atoms with E-state index in [1.54, 1.807) is 5.51 Å². The van der Waals surface area contributed by atoms with E-state index in [9.17, 15) is 4.79 Å². The number of carbonyl (C=O) groups excluding carboxylic acids is 1. The van der Waals surface area contributed by atoms with Crippen molar-refractivity contribution < 1.29 is 4.79 Å². The van der Waals surface area contributed by atoms with Gasteiger partial charge in [-0.15, -0.1) is 11.3 Å². The van der Waals surface area contributed by atoms with Gasteiger partial charge >= 0.3 is 0 Å². The van der Waals surface area contributed by atoms with Crippen LogP contribution < -0.4 is 0 Å². The lowest BCUT2D eigenvalue weighted by Crippen LogP contribution is -2.35. The average molecular weight is 303 g/mol. The van der Waals surface area contributed by atoms with E-state index in [1.807, 2.05) is 6.92 Å². The number of rotatable bonds is 2. The van der Waals surface area contributed by atoms with E-state index < -0.39 is 0 Å². The fourth-order valence-corrected chi connectivity index (χ4v) is 3.87. The predicted molar refractivity (Wildman–Crippen MR) is 84.5 cm³/mol. The van der Waals surface area contributed by atoms with Crippen LogP contribution in [0.4, 0.5) is 0 Å². The molecule has 0 N–H and O–H groups in total. The first-order chi connectivity index (χ1) is 10.2. The lowest BCUT2D eigenvalue weighted by atomic mass is 10.1. The van der Waals surface area contributed by atoms with Crippen molar-refractivity contribution in [3.05, 3.63) is 40.1 Å². The Kier molecular flexibility index (Phi) is 4.10. The number of nitrogens with zero attached hydrogens (tertiary/aromatic N) is 3. The molecule has 5 heteroatoms. The number of thiazole rings is 1. The van der Waals surface area contributed by atoms with E-state index in [-0.39, 0.29) is 11.9 Å². The molecular formula is C16H21N3OS. The van der Waals surface area contributed by atoms with Crippen LogP contribution in [0.3, 0.4) is 0 Å². The summed E-state index contributed by atoms with van der Waals surface area (Å²) >= 11 is 1.45. The third-order valence-electron chi connectivity index (χ3n) is 4.28. The van der Waals surface area contributed by atoms with E-state index in [4.69, 9.17) is 0 Å². The zero-order valence-corrected chi connectivity index (χ0v) is 13.4. The zero-order valence-electron chi connectivity index (χ0n) is 12.6. The summed E-state index contributed by atoms with van der Waals surface area (Å²) in [5, 5.41) is 0. The highest BCUT2D eigenvalue weighted by Gasteiger charge is 2.30. The number of aromatic nitrogens is 2. The van der Waals surface area contributed by atoms with E-state index in [0.717, 1.165) is 30.0 Å². The summed E-state index contributed by atoms with van der Waals surface area (Å²) in [7, 11) is 2.06. The van der Waals surface area contributed by atoms with Gasteiger partial charge in [-0.2, -0.15) is 0 Å². The quantitative estimate of drug-likeness (QED) is 0.851. The van der Waals surface area contributed by atoms with Gasteiger partial charge in [0.15, 0.2) is 0 Å². The fraction of sp³-hybridized carbons (Fsp3) is 0.500. The largest absolute Gasteiger partial charge is 0.353 e. The Morgan fingerprint density at radius 3 is 2.90 bits per heavy atom. The van der Waals surface area contributed by atoms with Gasteiger partial charge in [0.25, 0.3) is 5.91 Å². The first-order valence-electron chi connectivity index (χ1n) is 7.51. The molecule has 0 spiro atoms. The van der Waals surface area contributed by atoms with Crippen molar-refractivity contribution in [1.29, 1.82) is 0 Å². The number of carbonyl (C=O) groups is 1. The summed E-state index contributed by atoms with van der Waals surface area (Å²) in [4.78, 5) is 20.0. The molecule has 3 rings (SSSR count). The fourth-order valence-electron chi connectivity index (χ4n) is 3.12. The van der Waals surface area contributed by atoms with Crippen LogP contribution in [0.25, 0.3) is 0 Å². The van der Waals surface area contributed by atoms with Crippen LogP contribution >= 0.6 is 11.3 Å². The Bertz CT molecular complexity index is 631. The third-order valence-corrected chi connectivity index (χ3v) is 5.20. The van der Waals surface area contributed by atoms with Gasteiger partial charge in [0.2, 0.25) is 0 Å². The summed E-state index contributed by atoms with van der Waals surface area (Å²) in [5.74, 6) is 0.142. The van der Waals surface area contributed by atoms with Gasteiger partial charge in [0.05, 0.1) is 17.2 Å². The van der Waals surface area contributed by atoms with Crippen molar-refractivity contribution in [3.8, 4) is 0 Å². The summed E-state index contributed by atoms with van der Waals surface area (Å²) in [6.07, 6.45) is 6.57. The Morgan fingerprint density at radius 1 is 1.38 bits per heavy atom. The van der Waals surface area contributed by atoms with Crippen LogP contribution in [0.5, 0.6) is 0 Å². The lowest BCUT2D eigenvalue weighted by molar-refractivity contribution is 0.0678. The normalized spacial score (nSPS) is 19.5. The summed E-state index contributed by atoms with van der Waals surface area (Å²) in [5.41, 5.74) is 3.84. The molecule has 3 heterocycles. The van der Waals surface area contributed by atoms with Gasteiger partial charge in [-0.25, -0.2) is 4.98 Å². The van der Waals surface area contributed by atoms with Gasteiger partial charge < -0.3 is 9.47 Å². The molecule has 0 aliphatic carbocycles. The third kappa shape index (κ3) is 2.75. The first kappa shape index (κ1) is 14.3. The van der Waals surface area contributed by atoms with E-state index >= 15 is 0 Å². The van der Waals surface area contributed by atoms with Gasteiger partial charge in [-0.05, 0) is 31.9 Å². The molecule has 0 aromatic carbocycles. The SMILES string of the molecule is Cc1ncsc1C(=O)N1CCCCC[C@@H]1c1cccn1C. The Labute approximate surface area is 129 Å². The van der Waals surface area contributed by atoms with Crippen molar-refractivity contribution >= 4 is 17.2 Å².